The predicted octanol–water partition coefficient (Wildman–Crippen LogP) is 8.19. The lowest BCUT2D eigenvalue weighted by Crippen LogP contribution is -2.36. The molecule has 0 radical (unpaired) electrons. The first-order chi connectivity index (χ1) is 20.2. The average Bonchev–Trinajstić information content (AvgIpc) is 3.04. The van der Waals surface area contributed by atoms with Crippen LogP contribution in [0.3, 0.4) is 0 Å². The lowest BCUT2D eigenvalue weighted by Gasteiger charge is -2.37. The minimum absolute atomic E-state index is 0. The summed E-state index contributed by atoms with van der Waals surface area (Å²) in [4.78, 5) is 15.3. The number of nitrogens with zero attached hydrogens (tertiary/aromatic N) is 1. The Kier molecular flexibility index (Phi) is 12.2. The summed E-state index contributed by atoms with van der Waals surface area (Å²) in [6.45, 7) is 4.18. The molecule has 1 amide bonds. The Morgan fingerprint density at radius 3 is 1.76 bits per heavy atom. The molecular weight excluding hydrogens is 536 g/mol. The lowest BCUT2D eigenvalue weighted by molar-refractivity contribution is -0.120. The van der Waals surface area contributed by atoms with Gasteiger partial charge in [-0.3, -0.25) is 4.79 Å². The van der Waals surface area contributed by atoms with Crippen molar-refractivity contribution >= 4 is 18.3 Å². The van der Waals surface area contributed by atoms with E-state index in [9.17, 15) is 4.79 Å². The number of rotatable bonds is 13. The van der Waals surface area contributed by atoms with Crippen LogP contribution in [0.2, 0.25) is 0 Å². The van der Waals surface area contributed by atoms with Crippen molar-refractivity contribution in [1.29, 1.82) is 0 Å². The minimum atomic E-state index is -0.0744. The van der Waals surface area contributed by atoms with Gasteiger partial charge in [0, 0.05) is 12.0 Å². The van der Waals surface area contributed by atoms with Gasteiger partial charge in [-0.1, -0.05) is 121 Å². The summed E-state index contributed by atoms with van der Waals surface area (Å²) in [5.74, 6) is 0.789. The highest BCUT2D eigenvalue weighted by Crippen LogP contribution is 2.41. The van der Waals surface area contributed by atoms with E-state index in [1.54, 1.807) is 0 Å². The monoisotopic (exact) mass is 580 g/mol. The fourth-order valence-electron chi connectivity index (χ4n) is 6.66. The fraction of sp³-hybridized carbons (Fsp3) is 0.342. The van der Waals surface area contributed by atoms with Crippen LogP contribution in [0.1, 0.15) is 66.7 Å². The summed E-state index contributed by atoms with van der Waals surface area (Å²) in [5.41, 5.74) is 5.24. The number of nitrogens with one attached hydrogen (secondary N) is 1. The number of halogens is 1. The Morgan fingerprint density at radius 1 is 0.690 bits per heavy atom. The normalized spacial score (nSPS) is 14.2. The van der Waals surface area contributed by atoms with E-state index in [1.807, 2.05) is 30.3 Å². The second-order valence-electron chi connectivity index (χ2n) is 11.6. The van der Waals surface area contributed by atoms with Crippen LogP contribution in [0.25, 0.3) is 0 Å². The Bertz CT molecular complexity index is 1270. The van der Waals surface area contributed by atoms with Crippen LogP contribution in [0.15, 0.2) is 121 Å². The third-order valence-corrected chi connectivity index (χ3v) is 8.90. The standard InChI is InChI=1S/C38H44N2O.ClH/c41-37(31-32-15-5-1-6-16-32)39-27-13-25-38(35-19-9-3-10-20-35,36-21-11-4-12-22-36)26-14-28-40-29-23-34(24-30-40)33-17-7-2-8-18-33;/h1-12,15-22,34H,13-14,23-31H2,(H,39,41);1H. The number of hydrogen-bond donors (Lipinski definition) is 1. The summed E-state index contributed by atoms with van der Waals surface area (Å²) in [5, 5.41) is 3.18. The second kappa shape index (κ2) is 16.3. The summed E-state index contributed by atoms with van der Waals surface area (Å²) in [6, 6.07) is 43.1. The number of piperidine rings is 1. The molecule has 0 unspecified atom stereocenters. The zero-order chi connectivity index (χ0) is 28.2. The maximum Gasteiger partial charge on any atom is 0.224 e. The summed E-state index contributed by atoms with van der Waals surface area (Å²) >= 11 is 0. The van der Waals surface area contributed by atoms with Crippen LogP contribution < -0.4 is 5.32 Å². The van der Waals surface area contributed by atoms with E-state index in [0.29, 0.717) is 18.9 Å². The van der Waals surface area contributed by atoms with Gasteiger partial charge in [0.05, 0.1) is 6.42 Å². The van der Waals surface area contributed by atoms with Crippen molar-refractivity contribution in [3.63, 3.8) is 0 Å². The number of likely N-dealkylation sites (tertiary alicyclic amines) is 1. The van der Waals surface area contributed by atoms with E-state index in [4.69, 9.17) is 0 Å². The molecule has 3 nitrogen and oxygen atoms in total. The molecule has 0 atom stereocenters. The van der Waals surface area contributed by atoms with Crippen molar-refractivity contribution in [2.24, 2.45) is 0 Å². The molecular formula is C38H45ClN2O. The molecule has 0 aliphatic carbocycles. The summed E-state index contributed by atoms with van der Waals surface area (Å²) in [7, 11) is 0. The molecule has 1 heterocycles. The van der Waals surface area contributed by atoms with Gasteiger partial charge in [-0.25, -0.2) is 0 Å². The highest BCUT2D eigenvalue weighted by atomic mass is 35.5. The largest absolute Gasteiger partial charge is 0.356 e. The van der Waals surface area contributed by atoms with Gasteiger partial charge < -0.3 is 10.2 Å². The van der Waals surface area contributed by atoms with E-state index >= 15 is 0 Å². The van der Waals surface area contributed by atoms with Gasteiger partial charge in [-0.2, -0.15) is 0 Å². The van der Waals surface area contributed by atoms with Gasteiger partial charge >= 0.3 is 0 Å². The van der Waals surface area contributed by atoms with Crippen LogP contribution in [-0.2, 0) is 16.6 Å². The smallest absolute Gasteiger partial charge is 0.224 e. The second-order valence-corrected chi connectivity index (χ2v) is 11.6. The molecule has 5 rings (SSSR count). The first kappa shape index (κ1) is 31.5. The third kappa shape index (κ3) is 8.56. The van der Waals surface area contributed by atoms with Gasteiger partial charge in [0.1, 0.15) is 0 Å². The highest BCUT2D eigenvalue weighted by Gasteiger charge is 2.33. The van der Waals surface area contributed by atoms with Gasteiger partial charge in [0.2, 0.25) is 5.91 Å². The van der Waals surface area contributed by atoms with Crippen molar-refractivity contribution in [2.75, 3.05) is 26.2 Å². The average molecular weight is 581 g/mol. The van der Waals surface area contributed by atoms with E-state index in [0.717, 1.165) is 37.8 Å². The van der Waals surface area contributed by atoms with Crippen LogP contribution >= 0.6 is 12.4 Å². The first-order valence-corrected chi connectivity index (χ1v) is 15.4. The molecule has 0 spiro atoms. The number of hydrogen-bond acceptors (Lipinski definition) is 2. The molecule has 1 aliphatic rings. The Morgan fingerprint density at radius 2 is 1.19 bits per heavy atom. The maximum atomic E-state index is 12.6. The van der Waals surface area contributed by atoms with Crippen LogP contribution in [0.4, 0.5) is 0 Å². The van der Waals surface area contributed by atoms with Crippen molar-refractivity contribution in [3.8, 4) is 0 Å². The first-order valence-electron chi connectivity index (χ1n) is 15.4. The molecule has 4 aromatic carbocycles. The lowest BCUT2D eigenvalue weighted by atomic mass is 9.68. The fourth-order valence-corrected chi connectivity index (χ4v) is 6.66. The minimum Gasteiger partial charge on any atom is -0.356 e. The molecule has 1 fully saturated rings. The SMILES string of the molecule is Cl.O=C(Cc1ccccc1)NCCCC(CCCN1CCC(c2ccccc2)CC1)(c1ccccc1)c1ccccc1. The van der Waals surface area contributed by atoms with E-state index in [2.05, 4.69) is 101 Å². The van der Waals surface area contributed by atoms with Gasteiger partial charge in [0.25, 0.3) is 0 Å². The van der Waals surface area contributed by atoms with E-state index in [1.165, 1.54) is 42.6 Å². The predicted molar refractivity (Wildman–Crippen MR) is 177 cm³/mol. The third-order valence-electron chi connectivity index (χ3n) is 8.90. The molecule has 1 N–H and O–H groups in total. The van der Waals surface area contributed by atoms with Crippen molar-refractivity contribution in [1.82, 2.24) is 10.2 Å². The molecule has 42 heavy (non-hydrogen) atoms. The van der Waals surface area contributed by atoms with Crippen molar-refractivity contribution in [3.05, 3.63) is 144 Å². The maximum absolute atomic E-state index is 12.6. The van der Waals surface area contributed by atoms with Crippen LogP contribution in [0, 0.1) is 0 Å². The van der Waals surface area contributed by atoms with E-state index in [-0.39, 0.29) is 23.7 Å². The van der Waals surface area contributed by atoms with Crippen LogP contribution in [-0.4, -0.2) is 37.0 Å². The zero-order valence-electron chi connectivity index (χ0n) is 24.7. The highest BCUT2D eigenvalue weighted by molar-refractivity contribution is 5.85. The van der Waals surface area contributed by atoms with Gasteiger partial charge in [-0.15, -0.1) is 12.4 Å². The summed E-state index contributed by atoms with van der Waals surface area (Å²) < 4.78 is 0. The number of carbonyl (C=O) groups excluding carboxylic acids is 1. The quantitative estimate of drug-likeness (QED) is 0.162. The molecule has 0 aromatic heterocycles. The zero-order valence-corrected chi connectivity index (χ0v) is 25.5. The summed E-state index contributed by atoms with van der Waals surface area (Å²) in [6.07, 6.45) is 7.11. The van der Waals surface area contributed by atoms with Crippen molar-refractivity contribution < 1.29 is 4.79 Å². The molecule has 4 heteroatoms. The number of amides is 1. The van der Waals surface area contributed by atoms with E-state index < -0.39 is 0 Å². The molecule has 220 valence electrons. The molecule has 0 bridgehead atoms. The van der Waals surface area contributed by atoms with Gasteiger partial charge in [-0.05, 0) is 86.3 Å². The Labute approximate surface area is 258 Å². The molecule has 0 saturated carbocycles. The number of carbonyl (C=O) groups is 1. The van der Waals surface area contributed by atoms with Crippen molar-refractivity contribution in [2.45, 2.75) is 56.3 Å². The van der Waals surface area contributed by atoms with Crippen LogP contribution in [0.5, 0.6) is 0 Å². The Balaban J connectivity index is 0.00000405. The molecule has 1 saturated heterocycles. The molecule has 4 aromatic rings. The van der Waals surface area contributed by atoms with Gasteiger partial charge in [0.15, 0.2) is 0 Å². The molecule has 1 aliphatic heterocycles. The Hall–Kier alpha value is -3.40. The number of benzene rings is 4. The topological polar surface area (TPSA) is 32.3 Å².